The number of nitrogens with zero attached hydrogens (tertiary/aromatic N) is 4. The van der Waals surface area contributed by atoms with Gasteiger partial charge in [0.25, 0.3) is 0 Å². The summed E-state index contributed by atoms with van der Waals surface area (Å²) in [5, 5.41) is 9.02. The molecule has 0 radical (unpaired) electrons. The molecule has 1 aliphatic carbocycles. The van der Waals surface area contributed by atoms with Crippen LogP contribution in [0, 0.1) is 35.0 Å². The van der Waals surface area contributed by atoms with Gasteiger partial charge in [-0.05, 0) is 44.3 Å². The lowest BCUT2D eigenvalue weighted by Gasteiger charge is -2.39. The van der Waals surface area contributed by atoms with Gasteiger partial charge < -0.3 is 0 Å². The van der Waals surface area contributed by atoms with Crippen LogP contribution in [0.5, 0.6) is 0 Å². The van der Waals surface area contributed by atoms with Crippen molar-refractivity contribution in [1.29, 1.82) is 0 Å². The van der Waals surface area contributed by atoms with Gasteiger partial charge in [-0.15, -0.1) is 0 Å². The van der Waals surface area contributed by atoms with Gasteiger partial charge in [0.05, 0.1) is 29.6 Å². The maximum Gasteiger partial charge on any atom is 0.161 e. The fraction of sp³-hybridized carbons (Fsp3) is 0.636. The predicted octanol–water partition coefficient (Wildman–Crippen LogP) is 2.77. The molecule has 0 amide bonds. The second-order valence-electron chi connectivity index (χ2n) is 8.51. The Labute approximate surface area is 161 Å². The molecule has 0 aromatic heterocycles. The Morgan fingerprint density at radius 3 is 2.81 bits per heavy atom. The Hall–Kier alpha value is -2.06. The van der Waals surface area contributed by atoms with E-state index in [1.165, 1.54) is 12.8 Å². The van der Waals surface area contributed by atoms with Gasteiger partial charge in [0.2, 0.25) is 0 Å². The Morgan fingerprint density at radius 1 is 1.30 bits per heavy atom. The summed E-state index contributed by atoms with van der Waals surface area (Å²) in [6.45, 7) is 9.87. The zero-order valence-electron chi connectivity index (χ0n) is 16.5. The number of hydrogen-bond donors (Lipinski definition) is 0. The van der Waals surface area contributed by atoms with Gasteiger partial charge in [0.15, 0.2) is 11.2 Å². The lowest BCUT2D eigenvalue weighted by molar-refractivity contribution is -0.124. The highest BCUT2D eigenvalue weighted by Crippen LogP contribution is 2.43. The molecule has 4 aliphatic rings. The van der Waals surface area contributed by atoms with Gasteiger partial charge in [-0.1, -0.05) is 38.7 Å². The zero-order chi connectivity index (χ0) is 19.0. The van der Waals surface area contributed by atoms with Crippen molar-refractivity contribution in [3.05, 3.63) is 12.2 Å². The van der Waals surface area contributed by atoms with Gasteiger partial charge in [0, 0.05) is 12.5 Å². The highest BCUT2D eigenvalue weighted by Gasteiger charge is 2.59. The van der Waals surface area contributed by atoms with Crippen molar-refractivity contribution in [2.45, 2.75) is 40.0 Å². The van der Waals surface area contributed by atoms with Crippen molar-refractivity contribution in [3.63, 3.8) is 0 Å². The summed E-state index contributed by atoms with van der Waals surface area (Å²) in [5.41, 5.74) is 1.60. The third kappa shape index (κ3) is 3.00. The Kier molecular flexibility index (Phi) is 4.86. The number of hydrogen-bond acceptors (Lipinski definition) is 5. The summed E-state index contributed by atoms with van der Waals surface area (Å²) in [6.07, 6.45) is 7.33. The smallest absolute Gasteiger partial charge is 0.161 e. The van der Waals surface area contributed by atoms with Crippen LogP contribution in [0.15, 0.2) is 27.3 Å². The highest BCUT2D eigenvalue weighted by atomic mass is 16.1. The number of aliphatic imine (C=N–C) groups is 1. The summed E-state index contributed by atoms with van der Waals surface area (Å²) in [7, 11) is 0. The fourth-order valence-electron chi connectivity index (χ4n) is 4.55. The molecule has 1 spiro atoms. The summed E-state index contributed by atoms with van der Waals surface area (Å²) in [4.78, 5) is 20.6. The minimum atomic E-state index is -0.857. The van der Waals surface area contributed by atoms with Gasteiger partial charge in [-0.25, -0.2) is 0 Å². The van der Waals surface area contributed by atoms with Crippen molar-refractivity contribution >= 4 is 22.9 Å². The normalized spacial score (nSPS) is 32.4. The van der Waals surface area contributed by atoms with E-state index in [4.69, 9.17) is 4.99 Å². The largest absolute Gasteiger partial charge is 0.297 e. The van der Waals surface area contributed by atoms with Gasteiger partial charge in [-0.3, -0.25) is 14.7 Å². The van der Waals surface area contributed by atoms with Crippen LogP contribution in [0.1, 0.15) is 40.0 Å². The number of Topliss-reactive ketones (excluding diaryl/α,β-unsaturated/α-hetero) is 1. The molecule has 0 saturated carbocycles. The number of allylic oxidation sites excluding steroid dienone is 2. The number of rotatable bonds is 3. The van der Waals surface area contributed by atoms with Crippen LogP contribution in [-0.2, 0) is 4.79 Å². The summed E-state index contributed by atoms with van der Waals surface area (Å²) >= 11 is 0. The molecule has 3 unspecified atom stereocenters. The maximum atomic E-state index is 13.5. The fourth-order valence-corrected chi connectivity index (χ4v) is 4.55. The van der Waals surface area contributed by atoms with Crippen molar-refractivity contribution < 1.29 is 4.79 Å². The molecule has 0 bridgehead atoms. The minimum Gasteiger partial charge on any atom is -0.297 e. The average Bonchev–Trinajstić information content (AvgIpc) is 3.27. The Bertz CT molecular complexity index is 817. The highest BCUT2D eigenvalue weighted by molar-refractivity contribution is 6.47. The minimum absolute atomic E-state index is 0.112. The molecule has 1 fully saturated rings. The average molecular weight is 364 g/mol. The van der Waals surface area contributed by atoms with E-state index in [0.717, 1.165) is 43.2 Å². The van der Waals surface area contributed by atoms with E-state index < -0.39 is 5.41 Å². The van der Waals surface area contributed by atoms with Crippen LogP contribution >= 0.6 is 0 Å². The number of carbonyl (C=O) groups is 1. The molecule has 142 valence electrons. The molecular weight excluding hydrogens is 336 g/mol. The second kappa shape index (κ2) is 7.16. The second-order valence-corrected chi connectivity index (χ2v) is 8.51. The van der Waals surface area contributed by atoms with E-state index in [-0.39, 0.29) is 17.6 Å². The van der Waals surface area contributed by atoms with E-state index in [2.05, 4.69) is 40.8 Å². The van der Waals surface area contributed by atoms with Crippen LogP contribution in [-0.4, -0.2) is 54.0 Å². The van der Waals surface area contributed by atoms with Gasteiger partial charge >= 0.3 is 0 Å². The third-order valence-corrected chi connectivity index (χ3v) is 5.93. The number of likely N-dealkylation sites (tertiary alicyclic amines) is 1. The first kappa shape index (κ1) is 18.3. The number of carbonyl (C=O) groups excluding carboxylic acids is 1. The van der Waals surface area contributed by atoms with E-state index in [9.17, 15) is 4.79 Å². The summed E-state index contributed by atoms with van der Waals surface area (Å²) < 4.78 is 0. The molecule has 27 heavy (non-hydrogen) atoms. The lowest BCUT2D eigenvalue weighted by atomic mass is 9.60. The zero-order valence-corrected chi connectivity index (χ0v) is 16.5. The van der Waals surface area contributed by atoms with E-state index in [1.54, 1.807) is 0 Å². The first-order valence-corrected chi connectivity index (χ1v) is 10.2. The molecule has 3 heterocycles. The van der Waals surface area contributed by atoms with Crippen LogP contribution < -0.4 is 0 Å². The van der Waals surface area contributed by atoms with Crippen molar-refractivity contribution in [2.75, 3.05) is 26.2 Å². The SMILES string of the molecule is CC(C)CC1=NN=C2C(C#CCN3CCCC3)C=CC3=NCC(C)C(=O)C312. The quantitative estimate of drug-likeness (QED) is 0.723. The van der Waals surface area contributed by atoms with Crippen molar-refractivity contribution in [1.82, 2.24) is 4.90 Å². The maximum absolute atomic E-state index is 13.5. The van der Waals surface area contributed by atoms with E-state index in [1.807, 2.05) is 19.1 Å². The molecule has 0 N–H and O–H groups in total. The monoisotopic (exact) mass is 364 g/mol. The van der Waals surface area contributed by atoms with Crippen LogP contribution in [0.3, 0.4) is 0 Å². The molecule has 4 rings (SSSR count). The number of ketones is 1. The van der Waals surface area contributed by atoms with Crippen LogP contribution in [0.4, 0.5) is 0 Å². The van der Waals surface area contributed by atoms with Crippen molar-refractivity contribution in [2.24, 2.45) is 38.4 Å². The van der Waals surface area contributed by atoms with E-state index in [0.29, 0.717) is 12.5 Å². The molecule has 5 heteroatoms. The molecule has 0 aromatic rings. The molecule has 5 nitrogen and oxygen atoms in total. The molecule has 0 aromatic carbocycles. The van der Waals surface area contributed by atoms with Crippen LogP contribution in [0.25, 0.3) is 0 Å². The predicted molar refractivity (Wildman–Crippen MR) is 109 cm³/mol. The molecule has 3 aliphatic heterocycles. The lowest BCUT2D eigenvalue weighted by Crippen LogP contribution is -2.58. The first-order chi connectivity index (χ1) is 13.0. The molecule has 3 atom stereocenters. The molecular formula is C22H28N4O. The Morgan fingerprint density at radius 2 is 2.07 bits per heavy atom. The van der Waals surface area contributed by atoms with E-state index >= 15 is 0 Å². The summed E-state index contributed by atoms with van der Waals surface area (Å²) in [5.74, 6) is 7.02. The van der Waals surface area contributed by atoms with Crippen LogP contribution in [0.2, 0.25) is 0 Å². The van der Waals surface area contributed by atoms with Crippen molar-refractivity contribution in [3.8, 4) is 11.8 Å². The third-order valence-electron chi connectivity index (χ3n) is 5.93. The molecule has 1 saturated heterocycles. The Balaban J connectivity index is 1.68. The van der Waals surface area contributed by atoms with Gasteiger partial charge in [-0.2, -0.15) is 10.2 Å². The first-order valence-electron chi connectivity index (χ1n) is 10.2. The topological polar surface area (TPSA) is 57.4 Å². The standard InChI is InChI=1S/C22H28N4O/c1-15(2)13-19-22-18(23-14-16(3)21(22)27)9-8-17(20(22)25-24-19)7-6-12-26-10-4-5-11-26/h8-9,15-17H,4-5,10-14H2,1-3H3. The van der Waals surface area contributed by atoms with Gasteiger partial charge in [0.1, 0.15) is 0 Å². The summed E-state index contributed by atoms with van der Waals surface area (Å²) in [6, 6.07) is 0.